The van der Waals surface area contributed by atoms with Crippen molar-refractivity contribution in [2.45, 2.75) is 51.9 Å². The van der Waals surface area contributed by atoms with Crippen molar-refractivity contribution in [3.8, 4) is 5.75 Å². The fourth-order valence-electron chi connectivity index (χ4n) is 3.35. The maximum absolute atomic E-state index is 13.2. The summed E-state index contributed by atoms with van der Waals surface area (Å²) in [6.07, 6.45) is -1.08. The van der Waals surface area contributed by atoms with Gasteiger partial charge in [-0.1, -0.05) is 42.5 Å². The number of ether oxygens (including phenoxy) is 3. The monoisotopic (exact) mass is 397 g/mol. The van der Waals surface area contributed by atoms with Crippen LogP contribution in [-0.4, -0.2) is 30.3 Å². The predicted molar refractivity (Wildman–Crippen MR) is 110 cm³/mol. The van der Waals surface area contributed by atoms with Gasteiger partial charge in [0.2, 0.25) is 0 Å². The molecule has 2 aromatic rings. The van der Waals surface area contributed by atoms with Gasteiger partial charge in [-0.25, -0.2) is 4.79 Å². The summed E-state index contributed by atoms with van der Waals surface area (Å²) in [5, 5.41) is 0. The van der Waals surface area contributed by atoms with E-state index in [1.54, 1.807) is 13.0 Å². The van der Waals surface area contributed by atoms with Crippen LogP contribution in [-0.2, 0) is 14.3 Å². The fraction of sp³-hybridized carbons (Fsp3) is 0.391. The van der Waals surface area contributed by atoms with Crippen LogP contribution < -0.4 is 9.64 Å². The highest BCUT2D eigenvalue weighted by atomic mass is 16.6. The molecule has 1 amide bonds. The standard InChI is InChI=1S/C23H27NO5/c1-5-27-20(25)15-18-21(16-11-7-6-8-12-16)28-19-14-10-9-13-17(19)24(18)22(26)29-23(2,3)4/h6-14,18,21H,5,15H2,1-4H3. The van der Waals surface area contributed by atoms with Gasteiger partial charge in [0, 0.05) is 0 Å². The molecule has 2 unspecified atom stereocenters. The molecule has 29 heavy (non-hydrogen) atoms. The SMILES string of the molecule is CCOC(=O)CC1C(c2ccccc2)Oc2ccccc2N1C(=O)OC(C)(C)C. The molecule has 0 aliphatic carbocycles. The zero-order chi connectivity index (χ0) is 21.0. The number of hydrogen-bond acceptors (Lipinski definition) is 5. The Bertz CT molecular complexity index is 859. The predicted octanol–water partition coefficient (Wildman–Crippen LogP) is 4.88. The van der Waals surface area contributed by atoms with E-state index in [1.165, 1.54) is 4.90 Å². The molecule has 0 spiro atoms. The summed E-state index contributed by atoms with van der Waals surface area (Å²) >= 11 is 0. The van der Waals surface area contributed by atoms with Crippen molar-refractivity contribution in [2.75, 3.05) is 11.5 Å². The Balaban J connectivity index is 2.08. The number of nitrogens with zero attached hydrogens (tertiary/aromatic N) is 1. The number of esters is 1. The highest BCUT2D eigenvalue weighted by Crippen LogP contribution is 2.43. The Morgan fingerprint density at radius 2 is 1.69 bits per heavy atom. The Kier molecular flexibility index (Phi) is 6.11. The number of rotatable bonds is 4. The zero-order valence-corrected chi connectivity index (χ0v) is 17.3. The van der Waals surface area contributed by atoms with Crippen molar-refractivity contribution in [3.05, 3.63) is 60.2 Å². The van der Waals surface area contributed by atoms with Gasteiger partial charge in [0.1, 0.15) is 17.5 Å². The molecular weight excluding hydrogens is 370 g/mol. The average molecular weight is 397 g/mol. The molecule has 2 atom stereocenters. The number of carbonyl (C=O) groups excluding carboxylic acids is 2. The molecule has 0 radical (unpaired) electrons. The van der Waals surface area contributed by atoms with Crippen molar-refractivity contribution in [1.29, 1.82) is 0 Å². The average Bonchev–Trinajstić information content (AvgIpc) is 2.66. The van der Waals surface area contributed by atoms with E-state index in [9.17, 15) is 9.59 Å². The molecule has 0 fully saturated rings. The number of fused-ring (bicyclic) bond motifs is 1. The summed E-state index contributed by atoms with van der Waals surface area (Å²) < 4.78 is 17.1. The molecule has 1 heterocycles. The molecule has 3 rings (SSSR count). The number of anilines is 1. The van der Waals surface area contributed by atoms with Crippen molar-refractivity contribution in [3.63, 3.8) is 0 Å². The third-order valence-electron chi connectivity index (χ3n) is 4.46. The first-order valence-corrected chi connectivity index (χ1v) is 9.78. The quantitative estimate of drug-likeness (QED) is 0.688. The molecule has 6 nitrogen and oxygen atoms in total. The molecular formula is C23H27NO5. The molecule has 2 aromatic carbocycles. The maximum atomic E-state index is 13.2. The molecule has 0 bridgehead atoms. The van der Waals surface area contributed by atoms with Crippen LogP contribution in [0.3, 0.4) is 0 Å². The van der Waals surface area contributed by atoms with Gasteiger partial charge in [0.25, 0.3) is 0 Å². The van der Waals surface area contributed by atoms with E-state index < -0.39 is 29.8 Å². The number of hydrogen-bond donors (Lipinski definition) is 0. The molecule has 0 N–H and O–H groups in total. The highest BCUT2D eigenvalue weighted by Gasteiger charge is 2.43. The normalized spacial score (nSPS) is 18.4. The van der Waals surface area contributed by atoms with E-state index >= 15 is 0 Å². The van der Waals surface area contributed by atoms with Gasteiger partial charge in [0.15, 0.2) is 0 Å². The van der Waals surface area contributed by atoms with Crippen molar-refractivity contribution >= 4 is 17.7 Å². The Morgan fingerprint density at radius 1 is 1.03 bits per heavy atom. The summed E-state index contributed by atoms with van der Waals surface area (Å²) in [5.74, 6) is 0.169. The summed E-state index contributed by atoms with van der Waals surface area (Å²) in [7, 11) is 0. The van der Waals surface area contributed by atoms with Gasteiger partial charge >= 0.3 is 12.1 Å². The largest absolute Gasteiger partial charge is 0.481 e. The van der Waals surface area contributed by atoms with Gasteiger partial charge in [-0.3, -0.25) is 9.69 Å². The lowest BCUT2D eigenvalue weighted by atomic mass is 9.95. The van der Waals surface area contributed by atoms with Crippen LogP contribution in [0.5, 0.6) is 5.75 Å². The summed E-state index contributed by atoms with van der Waals surface area (Å²) in [6, 6.07) is 16.2. The van der Waals surface area contributed by atoms with E-state index in [2.05, 4.69) is 0 Å². The van der Waals surface area contributed by atoms with Crippen molar-refractivity contribution < 1.29 is 23.8 Å². The summed E-state index contributed by atoms with van der Waals surface area (Å²) in [4.78, 5) is 27.1. The van der Waals surface area contributed by atoms with Gasteiger partial charge in [0.05, 0.1) is 24.8 Å². The summed E-state index contributed by atoms with van der Waals surface area (Å²) in [5.41, 5.74) is 0.759. The second-order valence-corrected chi connectivity index (χ2v) is 7.84. The van der Waals surface area contributed by atoms with Crippen molar-refractivity contribution in [1.82, 2.24) is 0 Å². The molecule has 6 heteroatoms. The Morgan fingerprint density at radius 3 is 2.34 bits per heavy atom. The highest BCUT2D eigenvalue weighted by molar-refractivity contribution is 5.92. The first-order valence-electron chi connectivity index (χ1n) is 9.78. The van der Waals surface area contributed by atoms with Crippen LogP contribution in [0.1, 0.15) is 45.8 Å². The van der Waals surface area contributed by atoms with E-state index in [4.69, 9.17) is 14.2 Å². The fourth-order valence-corrected chi connectivity index (χ4v) is 3.35. The Hall–Kier alpha value is -3.02. The molecule has 1 aliphatic rings. The van der Waals surface area contributed by atoms with E-state index in [-0.39, 0.29) is 13.0 Å². The lowest BCUT2D eigenvalue weighted by molar-refractivity contribution is -0.144. The molecule has 0 aromatic heterocycles. The minimum atomic E-state index is -0.680. The third kappa shape index (κ3) is 4.88. The lowest BCUT2D eigenvalue weighted by Gasteiger charge is -2.42. The number of benzene rings is 2. The van der Waals surface area contributed by atoms with Gasteiger partial charge in [-0.15, -0.1) is 0 Å². The van der Waals surface area contributed by atoms with E-state index in [0.717, 1.165) is 5.56 Å². The first-order chi connectivity index (χ1) is 13.8. The minimum Gasteiger partial charge on any atom is -0.481 e. The topological polar surface area (TPSA) is 65.1 Å². The lowest BCUT2D eigenvalue weighted by Crippen LogP contribution is -2.51. The van der Waals surface area contributed by atoms with Crippen LogP contribution in [0.4, 0.5) is 10.5 Å². The second kappa shape index (κ2) is 8.55. The van der Waals surface area contributed by atoms with Crippen LogP contribution in [0.15, 0.2) is 54.6 Å². The molecule has 1 aliphatic heterocycles. The van der Waals surface area contributed by atoms with Crippen LogP contribution in [0.25, 0.3) is 0 Å². The third-order valence-corrected chi connectivity index (χ3v) is 4.46. The van der Waals surface area contributed by atoms with Crippen molar-refractivity contribution in [2.24, 2.45) is 0 Å². The molecule has 0 saturated heterocycles. The number of para-hydroxylation sites is 2. The molecule has 154 valence electrons. The molecule has 0 saturated carbocycles. The maximum Gasteiger partial charge on any atom is 0.415 e. The Labute approximate surface area is 171 Å². The van der Waals surface area contributed by atoms with E-state index in [1.807, 2.05) is 69.3 Å². The van der Waals surface area contributed by atoms with Gasteiger partial charge in [-0.05, 0) is 45.4 Å². The minimum absolute atomic E-state index is 0.0129. The first kappa shape index (κ1) is 20.7. The van der Waals surface area contributed by atoms with Crippen LogP contribution in [0, 0.1) is 0 Å². The second-order valence-electron chi connectivity index (χ2n) is 7.84. The zero-order valence-electron chi connectivity index (χ0n) is 17.3. The number of carbonyl (C=O) groups is 2. The smallest absolute Gasteiger partial charge is 0.415 e. The van der Waals surface area contributed by atoms with Crippen LogP contribution in [0.2, 0.25) is 0 Å². The summed E-state index contributed by atoms with van der Waals surface area (Å²) in [6.45, 7) is 7.46. The number of amides is 1. The van der Waals surface area contributed by atoms with Gasteiger partial charge in [-0.2, -0.15) is 0 Å². The van der Waals surface area contributed by atoms with Gasteiger partial charge < -0.3 is 14.2 Å². The van der Waals surface area contributed by atoms with Crippen LogP contribution >= 0.6 is 0 Å². The van der Waals surface area contributed by atoms with E-state index in [0.29, 0.717) is 11.4 Å².